The number of alkyl carbamates (subject to hydrolysis) is 1. The average molecular weight is 560 g/mol. The third-order valence-electron chi connectivity index (χ3n) is 6.04. The van der Waals surface area contributed by atoms with Crippen molar-refractivity contribution in [3.63, 3.8) is 0 Å². The summed E-state index contributed by atoms with van der Waals surface area (Å²) in [5, 5.41) is 5.77. The SMILES string of the molecule is C#Cc1ccccc1C(C(=O)NC(C)C)N(CCCCCCCC)C(=O)C(CCSC)NC(=O)OC(C)(C)C. The first-order valence-corrected chi connectivity index (χ1v) is 15.5. The zero-order chi connectivity index (χ0) is 29.4. The summed E-state index contributed by atoms with van der Waals surface area (Å²) in [7, 11) is 0. The number of thioether (sulfide) groups is 1. The van der Waals surface area contributed by atoms with Crippen molar-refractivity contribution >= 4 is 29.7 Å². The van der Waals surface area contributed by atoms with Gasteiger partial charge in [-0.25, -0.2) is 4.79 Å². The lowest BCUT2D eigenvalue weighted by Gasteiger charge is -2.35. The van der Waals surface area contributed by atoms with E-state index in [-0.39, 0.29) is 17.9 Å². The summed E-state index contributed by atoms with van der Waals surface area (Å²) in [6.07, 6.45) is 13.7. The molecule has 0 radical (unpaired) electrons. The lowest BCUT2D eigenvalue weighted by atomic mass is 9.96. The minimum Gasteiger partial charge on any atom is -0.444 e. The van der Waals surface area contributed by atoms with Gasteiger partial charge < -0.3 is 20.3 Å². The molecule has 1 rings (SSSR count). The van der Waals surface area contributed by atoms with Crippen LogP contribution in [0.2, 0.25) is 0 Å². The lowest BCUT2D eigenvalue weighted by Crippen LogP contribution is -2.54. The molecule has 1 aromatic carbocycles. The molecule has 2 atom stereocenters. The molecule has 0 fully saturated rings. The smallest absolute Gasteiger partial charge is 0.408 e. The van der Waals surface area contributed by atoms with Crippen LogP contribution in [0.1, 0.15) is 104 Å². The van der Waals surface area contributed by atoms with Gasteiger partial charge in [0.15, 0.2) is 0 Å². The molecule has 0 heterocycles. The number of terminal acetylenes is 1. The van der Waals surface area contributed by atoms with Crippen LogP contribution in [0.5, 0.6) is 0 Å². The number of hydrogen-bond acceptors (Lipinski definition) is 5. The van der Waals surface area contributed by atoms with Gasteiger partial charge >= 0.3 is 6.09 Å². The van der Waals surface area contributed by atoms with Crippen molar-refractivity contribution in [2.24, 2.45) is 0 Å². The summed E-state index contributed by atoms with van der Waals surface area (Å²) in [5.41, 5.74) is 0.446. The van der Waals surface area contributed by atoms with Crippen LogP contribution in [0.15, 0.2) is 24.3 Å². The van der Waals surface area contributed by atoms with E-state index in [4.69, 9.17) is 11.2 Å². The number of benzene rings is 1. The van der Waals surface area contributed by atoms with Crippen LogP contribution in [0.4, 0.5) is 4.79 Å². The number of carbonyl (C=O) groups is 3. The van der Waals surface area contributed by atoms with Crippen LogP contribution in [-0.2, 0) is 14.3 Å². The molecule has 0 aromatic heterocycles. The van der Waals surface area contributed by atoms with Gasteiger partial charge in [0.2, 0.25) is 11.8 Å². The Kier molecular flexibility index (Phi) is 15.7. The fourth-order valence-electron chi connectivity index (χ4n) is 4.25. The first-order chi connectivity index (χ1) is 18.4. The van der Waals surface area contributed by atoms with Gasteiger partial charge in [0.1, 0.15) is 17.7 Å². The highest BCUT2D eigenvalue weighted by molar-refractivity contribution is 7.98. The third kappa shape index (κ3) is 12.8. The molecule has 7 nitrogen and oxygen atoms in total. The Balaban J connectivity index is 3.49. The molecule has 0 spiro atoms. The number of unbranched alkanes of at least 4 members (excludes halogenated alkanes) is 5. The summed E-state index contributed by atoms with van der Waals surface area (Å²) in [4.78, 5) is 42.3. The number of hydrogen-bond donors (Lipinski definition) is 2. The van der Waals surface area contributed by atoms with E-state index in [0.717, 1.165) is 32.1 Å². The Hall–Kier alpha value is -2.66. The van der Waals surface area contributed by atoms with Crippen LogP contribution >= 0.6 is 11.8 Å². The molecule has 218 valence electrons. The fourth-order valence-corrected chi connectivity index (χ4v) is 4.72. The van der Waals surface area contributed by atoms with E-state index < -0.39 is 23.8 Å². The Morgan fingerprint density at radius 3 is 2.28 bits per heavy atom. The molecule has 8 heteroatoms. The van der Waals surface area contributed by atoms with E-state index in [1.165, 1.54) is 6.42 Å². The predicted molar refractivity (Wildman–Crippen MR) is 162 cm³/mol. The normalized spacial score (nSPS) is 12.8. The molecule has 0 saturated carbocycles. The van der Waals surface area contributed by atoms with Crippen molar-refractivity contribution in [3.05, 3.63) is 35.4 Å². The monoisotopic (exact) mass is 559 g/mol. The number of amides is 3. The van der Waals surface area contributed by atoms with Crippen molar-refractivity contribution in [3.8, 4) is 12.3 Å². The van der Waals surface area contributed by atoms with E-state index in [0.29, 0.717) is 29.8 Å². The predicted octanol–water partition coefficient (Wildman–Crippen LogP) is 6.07. The van der Waals surface area contributed by atoms with Crippen LogP contribution < -0.4 is 10.6 Å². The Bertz CT molecular complexity index is 952. The van der Waals surface area contributed by atoms with Gasteiger partial charge in [-0.3, -0.25) is 9.59 Å². The number of nitrogens with zero attached hydrogens (tertiary/aromatic N) is 1. The van der Waals surface area contributed by atoms with Gasteiger partial charge in [-0.15, -0.1) is 6.42 Å². The molecule has 2 N–H and O–H groups in total. The van der Waals surface area contributed by atoms with Gasteiger partial charge in [-0.1, -0.05) is 63.1 Å². The quantitative estimate of drug-likeness (QED) is 0.190. The highest BCUT2D eigenvalue weighted by atomic mass is 32.2. The van der Waals surface area contributed by atoms with Crippen molar-refractivity contribution in [1.29, 1.82) is 0 Å². The van der Waals surface area contributed by atoms with Crippen LogP contribution in [0.25, 0.3) is 0 Å². The first kappa shape index (κ1) is 34.4. The summed E-state index contributed by atoms with van der Waals surface area (Å²) in [6, 6.07) is 5.32. The van der Waals surface area contributed by atoms with Gasteiger partial charge in [0.05, 0.1) is 0 Å². The van der Waals surface area contributed by atoms with Crippen molar-refractivity contribution in [1.82, 2.24) is 15.5 Å². The van der Waals surface area contributed by atoms with E-state index >= 15 is 0 Å². The Morgan fingerprint density at radius 2 is 1.69 bits per heavy atom. The number of nitrogens with one attached hydrogen (secondary N) is 2. The van der Waals surface area contributed by atoms with E-state index in [1.54, 1.807) is 49.6 Å². The van der Waals surface area contributed by atoms with Crippen LogP contribution in [0, 0.1) is 12.3 Å². The highest BCUT2D eigenvalue weighted by Crippen LogP contribution is 2.27. The van der Waals surface area contributed by atoms with Crippen molar-refractivity contribution in [2.75, 3.05) is 18.6 Å². The second-order valence-corrected chi connectivity index (χ2v) is 12.1. The molecule has 0 bridgehead atoms. The third-order valence-corrected chi connectivity index (χ3v) is 6.68. The van der Waals surface area contributed by atoms with Crippen LogP contribution in [0.3, 0.4) is 0 Å². The Labute approximate surface area is 240 Å². The minimum absolute atomic E-state index is 0.129. The Morgan fingerprint density at radius 1 is 1.05 bits per heavy atom. The van der Waals surface area contributed by atoms with Crippen LogP contribution in [-0.4, -0.2) is 59.0 Å². The van der Waals surface area contributed by atoms with E-state index in [2.05, 4.69) is 23.5 Å². The zero-order valence-corrected chi connectivity index (χ0v) is 25.8. The summed E-state index contributed by atoms with van der Waals surface area (Å²) in [6.45, 7) is 11.6. The number of rotatable bonds is 16. The molecule has 1 aromatic rings. The van der Waals surface area contributed by atoms with E-state index in [9.17, 15) is 14.4 Å². The largest absolute Gasteiger partial charge is 0.444 e. The van der Waals surface area contributed by atoms with Gasteiger partial charge in [0, 0.05) is 18.2 Å². The molecule has 0 saturated heterocycles. The zero-order valence-electron chi connectivity index (χ0n) is 25.0. The minimum atomic E-state index is -0.931. The number of carbonyl (C=O) groups excluding carboxylic acids is 3. The summed E-state index contributed by atoms with van der Waals surface area (Å²) >= 11 is 1.59. The maximum absolute atomic E-state index is 14.2. The van der Waals surface area contributed by atoms with Gasteiger partial charge in [0.25, 0.3) is 0 Å². The standard InChI is InChI=1S/C31H49N3O4S/c1-9-11-12-13-14-17-21-34(29(36)26(20-22-39-8)33-30(37)38-31(5,6)7)27(28(35)32-23(3)4)25-19-16-15-18-24(25)10-2/h2,15-16,18-19,23,26-27H,9,11-14,17,20-22H2,1,3-8H3,(H,32,35)(H,33,37). The molecule has 2 unspecified atom stereocenters. The fraction of sp³-hybridized carbons (Fsp3) is 0.645. The highest BCUT2D eigenvalue weighted by Gasteiger charge is 2.37. The maximum Gasteiger partial charge on any atom is 0.408 e. The molecule has 0 aliphatic rings. The van der Waals surface area contributed by atoms with Crippen molar-refractivity contribution in [2.45, 2.75) is 110 Å². The van der Waals surface area contributed by atoms with Gasteiger partial charge in [-0.2, -0.15) is 11.8 Å². The molecular formula is C31H49N3O4S. The second kappa shape index (κ2) is 17.8. The van der Waals surface area contributed by atoms with Gasteiger partial charge in [-0.05, 0) is 71.1 Å². The lowest BCUT2D eigenvalue weighted by molar-refractivity contribution is -0.142. The molecular weight excluding hydrogens is 510 g/mol. The molecule has 3 amide bonds. The first-order valence-electron chi connectivity index (χ1n) is 14.1. The van der Waals surface area contributed by atoms with Crippen molar-refractivity contribution < 1.29 is 19.1 Å². The summed E-state index contributed by atoms with van der Waals surface area (Å²) in [5.74, 6) is 2.71. The molecule has 39 heavy (non-hydrogen) atoms. The number of ether oxygens (including phenoxy) is 1. The molecule has 0 aliphatic heterocycles. The molecule has 0 aliphatic carbocycles. The maximum atomic E-state index is 14.2. The summed E-state index contributed by atoms with van der Waals surface area (Å²) < 4.78 is 5.46. The topological polar surface area (TPSA) is 87.7 Å². The average Bonchev–Trinajstić information content (AvgIpc) is 2.86. The second-order valence-electron chi connectivity index (χ2n) is 11.1. The van der Waals surface area contributed by atoms with E-state index in [1.807, 2.05) is 32.2 Å².